The van der Waals surface area contributed by atoms with Gasteiger partial charge in [-0.25, -0.2) is 0 Å². The average Bonchev–Trinajstić information content (AvgIpc) is 2.29. The summed E-state index contributed by atoms with van der Waals surface area (Å²) in [5.74, 6) is 0. The van der Waals surface area contributed by atoms with Gasteiger partial charge < -0.3 is 10.2 Å². The third kappa shape index (κ3) is 2.52. The van der Waals surface area contributed by atoms with Crippen LogP contribution >= 0.6 is 15.9 Å². The molecule has 1 fully saturated rings. The zero-order valence-corrected chi connectivity index (χ0v) is 10.6. The van der Waals surface area contributed by atoms with Gasteiger partial charge >= 0.3 is 0 Å². The van der Waals surface area contributed by atoms with Crippen LogP contribution in [-0.2, 0) is 0 Å². The molecule has 1 saturated heterocycles. The molecular formula is C12H17BrN2. The topological polar surface area (TPSA) is 15.3 Å². The number of anilines is 1. The molecule has 0 saturated carbocycles. The van der Waals surface area contributed by atoms with E-state index in [1.54, 1.807) is 0 Å². The average molecular weight is 269 g/mol. The molecule has 1 aromatic rings. The number of halogens is 1. The Morgan fingerprint density at radius 3 is 3.13 bits per heavy atom. The monoisotopic (exact) mass is 268 g/mol. The van der Waals surface area contributed by atoms with E-state index in [4.69, 9.17) is 0 Å². The van der Waals surface area contributed by atoms with Crippen LogP contribution in [0.5, 0.6) is 0 Å². The quantitative estimate of drug-likeness (QED) is 0.888. The lowest BCUT2D eigenvalue weighted by atomic mass is 10.1. The van der Waals surface area contributed by atoms with Crippen molar-refractivity contribution in [2.75, 3.05) is 24.5 Å². The SMILES string of the molecule is CCC1CNCCN1c1cccc(Br)c1. The minimum absolute atomic E-state index is 0.632. The normalized spacial score (nSPS) is 21.7. The number of hydrogen-bond donors (Lipinski definition) is 1. The summed E-state index contributed by atoms with van der Waals surface area (Å²) in [7, 11) is 0. The molecule has 0 aromatic heterocycles. The zero-order chi connectivity index (χ0) is 10.7. The molecular weight excluding hydrogens is 252 g/mol. The van der Waals surface area contributed by atoms with E-state index in [0.29, 0.717) is 6.04 Å². The van der Waals surface area contributed by atoms with Crippen molar-refractivity contribution in [3.05, 3.63) is 28.7 Å². The molecule has 1 aromatic carbocycles. The molecule has 3 heteroatoms. The summed E-state index contributed by atoms with van der Waals surface area (Å²) in [6, 6.07) is 9.21. The van der Waals surface area contributed by atoms with Gasteiger partial charge in [0.05, 0.1) is 0 Å². The maximum absolute atomic E-state index is 3.53. The first-order valence-electron chi connectivity index (χ1n) is 5.54. The Balaban J connectivity index is 2.20. The Labute approximate surface area is 99.8 Å². The van der Waals surface area contributed by atoms with Crippen LogP contribution in [0.3, 0.4) is 0 Å². The van der Waals surface area contributed by atoms with Gasteiger partial charge in [-0.05, 0) is 24.6 Å². The Bertz CT molecular complexity index is 327. The lowest BCUT2D eigenvalue weighted by molar-refractivity contribution is 0.466. The fraction of sp³-hybridized carbons (Fsp3) is 0.500. The first-order chi connectivity index (χ1) is 7.31. The molecule has 0 aliphatic carbocycles. The van der Waals surface area contributed by atoms with Crippen LogP contribution in [0.1, 0.15) is 13.3 Å². The van der Waals surface area contributed by atoms with E-state index in [1.165, 1.54) is 12.1 Å². The highest BCUT2D eigenvalue weighted by molar-refractivity contribution is 9.10. The van der Waals surface area contributed by atoms with E-state index < -0.39 is 0 Å². The highest BCUT2D eigenvalue weighted by Gasteiger charge is 2.20. The van der Waals surface area contributed by atoms with Gasteiger partial charge in [-0.1, -0.05) is 28.9 Å². The molecule has 1 heterocycles. The van der Waals surface area contributed by atoms with Crippen molar-refractivity contribution >= 4 is 21.6 Å². The highest BCUT2D eigenvalue weighted by atomic mass is 79.9. The smallest absolute Gasteiger partial charge is 0.0412 e. The third-order valence-corrected chi connectivity index (χ3v) is 3.45. The van der Waals surface area contributed by atoms with Gasteiger partial charge in [-0.3, -0.25) is 0 Å². The molecule has 82 valence electrons. The highest BCUT2D eigenvalue weighted by Crippen LogP contribution is 2.23. The third-order valence-electron chi connectivity index (χ3n) is 2.96. The standard InChI is InChI=1S/C12H17BrN2/c1-2-11-9-14-6-7-15(11)12-5-3-4-10(13)8-12/h3-5,8,11,14H,2,6-7,9H2,1H3. The Kier molecular flexibility index (Phi) is 3.65. The summed E-state index contributed by atoms with van der Waals surface area (Å²) in [5, 5.41) is 3.45. The van der Waals surface area contributed by atoms with Crippen LogP contribution < -0.4 is 10.2 Å². The van der Waals surface area contributed by atoms with E-state index in [-0.39, 0.29) is 0 Å². The fourth-order valence-corrected chi connectivity index (χ4v) is 2.51. The number of benzene rings is 1. The number of piperazine rings is 1. The fourth-order valence-electron chi connectivity index (χ4n) is 2.12. The summed E-state index contributed by atoms with van der Waals surface area (Å²) in [5.41, 5.74) is 1.33. The van der Waals surface area contributed by atoms with Crippen molar-refractivity contribution in [2.45, 2.75) is 19.4 Å². The maximum Gasteiger partial charge on any atom is 0.0412 e. The van der Waals surface area contributed by atoms with Crippen molar-refractivity contribution < 1.29 is 0 Å². The minimum atomic E-state index is 0.632. The first-order valence-corrected chi connectivity index (χ1v) is 6.33. The summed E-state index contributed by atoms with van der Waals surface area (Å²) >= 11 is 3.53. The lowest BCUT2D eigenvalue weighted by Gasteiger charge is -2.37. The van der Waals surface area contributed by atoms with Gasteiger partial charge in [-0.15, -0.1) is 0 Å². The second kappa shape index (κ2) is 4.99. The van der Waals surface area contributed by atoms with E-state index in [1.807, 2.05) is 0 Å². The van der Waals surface area contributed by atoms with Crippen molar-refractivity contribution in [3.8, 4) is 0 Å². The predicted molar refractivity (Wildman–Crippen MR) is 68.4 cm³/mol. The number of nitrogens with zero attached hydrogens (tertiary/aromatic N) is 1. The molecule has 15 heavy (non-hydrogen) atoms. The van der Waals surface area contributed by atoms with Crippen molar-refractivity contribution in [1.29, 1.82) is 0 Å². The predicted octanol–water partition coefficient (Wildman–Crippen LogP) is 2.64. The van der Waals surface area contributed by atoms with Crippen LogP contribution in [0, 0.1) is 0 Å². The molecule has 0 amide bonds. The molecule has 1 aliphatic rings. The Hall–Kier alpha value is -0.540. The zero-order valence-electron chi connectivity index (χ0n) is 9.04. The molecule has 1 unspecified atom stereocenters. The number of rotatable bonds is 2. The van der Waals surface area contributed by atoms with E-state index in [9.17, 15) is 0 Å². The van der Waals surface area contributed by atoms with Gasteiger partial charge in [0.25, 0.3) is 0 Å². The van der Waals surface area contributed by atoms with Crippen molar-refractivity contribution in [1.82, 2.24) is 5.32 Å². The Morgan fingerprint density at radius 1 is 1.53 bits per heavy atom. The van der Waals surface area contributed by atoms with E-state index >= 15 is 0 Å². The van der Waals surface area contributed by atoms with Gasteiger partial charge in [0.2, 0.25) is 0 Å². The van der Waals surface area contributed by atoms with E-state index in [0.717, 1.165) is 24.1 Å². The molecule has 0 radical (unpaired) electrons. The van der Waals surface area contributed by atoms with E-state index in [2.05, 4.69) is 57.3 Å². The van der Waals surface area contributed by atoms with Crippen LogP contribution in [0.15, 0.2) is 28.7 Å². The van der Waals surface area contributed by atoms with Crippen molar-refractivity contribution in [3.63, 3.8) is 0 Å². The van der Waals surface area contributed by atoms with Crippen molar-refractivity contribution in [2.24, 2.45) is 0 Å². The maximum atomic E-state index is 3.53. The van der Waals surface area contributed by atoms with Gasteiger partial charge in [0.1, 0.15) is 0 Å². The van der Waals surface area contributed by atoms with Crippen LogP contribution in [0.4, 0.5) is 5.69 Å². The Morgan fingerprint density at radius 2 is 2.40 bits per heavy atom. The van der Waals surface area contributed by atoms with Gasteiger partial charge in [0.15, 0.2) is 0 Å². The second-order valence-electron chi connectivity index (χ2n) is 3.94. The number of hydrogen-bond acceptors (Lipinski definition) is 2. The largest absolute Gasteiger partial charge is 0.366 e. The molecule has 1 atom stereocenters. The molecule has 0 bridgehead atoms. The van der Waals surface area contributed by atoms with Crippen LogP contribution in [0.2, 0.25) is 0 Å². The molecule has 2 rings (SSSR count). The summed E-state index contributed by atoms with van der Waals surface area (Å²) < 4.78 is 1.16. The van der Waals surface area contributed by atoms with Crippen LogP contribution in [-0.4, -0.2) is 25.7 Å². The molecule has 1 aliphatic heterocycles. The summed E-state index contributed by atoms with van der Waals surface area (Å²) in [6.07, 6.45) is 1.19. The lowest BCUT2D eigenvalue weighted by Crippen LogP contribution is -2.51. The second-order valence-corrected chi connectivity index (χ2v) is 4.86. The van der Waals surface area contributed by atoms with Crippen LogP contribution in [0.25, 0.3) is 0 Å². The van der Waals surface area contributed by atoms with Gasteiger partial charge in [0, 0.05) is 35.8 Å². The first kappa shape index (κ1) is 11.0. The minimum Gasteiger partial charge on any atom is -0.366 e. The van der Waals surface area contributed by atoms with Gasteiger partial charge in [-0.2, -0.15) is 0 Å². The summed E-state index contributed by atoms with van der Waals surface area (Å²) in [6.45, 7) is 5.55. The number of nitrogens with one attached hydrogen (secondary N) is 1. The molecule has 0 spiro atoms. The molecule has 2 nitrogen and oxygen atoms in total. The molecule has 1 N–H and O–H groups in total. The summed E-state index contributed by atoms with van der Waals surface area (Å²) in [4.78, 5) is 2.50.